The molecule has 3 nitrogen and oxygen atoms in total. The van der Waals surface area contributed by atoms with Gasteiger partial charge in [-0.3, -0.25) is 9.59 Å². The van der Waals surface area contributed by atoms with Gasteiger partial charge in [0.15, 0.2) is 0 Å². The fourth-order valence-electron chi connectivity index (χ4n) is 5.57. The first-order valence-corrected chi connectivity index (χ1v) is 12.1. The van der Waals surface area contributed by atoms with Gasteiger partial charge in [-0.05, 0) is 34.4 Å². The summed E-state index contributed by atoms with van der Waals surface area (Å²) < 4.78 is -1.65. The number of hydrogen-bond acceptors (Lipinski definition) is 2. The molecule has 0 N–H and O–H groups in total. The third-order valence-corrected chi connectivity index (χ3v) is 10.3. The van der Waals surface area contributed by atoms with Crippen molar-refractivity contribution in [3.05, 3.63) is 99.0 Å². The SMILES string of the molecule is O=C1[C@H]2[C@H](C(=O)N1c1cccc(Cl)c1Cl)C1(Br)c3ccccc3C2(Br)c2ccccc21. The Morgan fingerprint density at radius 2 is 1.10 bits per heavy atom. The van der Waals surface area contributed by atoms with Crippen molar-refractivity contribution in [2.75, 3.05) is 4.90 Å². The van der Waals surface area contributed by atoms with Crippen molar-refractivity contribution in [3.63, 3.8) is 0 Å². The van der Waals surface area contributed by atoms with Crippen LogP contribution in [0.25, 0.3) is 0 Å². The van der Waals surface area contributed by atoms with Crippen molar-refractivity contribution in [3.8, 4) is 0 Å². The first-order chi connectivity index (χ1) is 14.8. The van der Waals surface area contributed by atoms with E-state index in [4.69, 9.17) is 23.2 Å². The van der Waals surface area contributed by atoms with E-state index in [-0.39, 0.29) is 16.8 Å². The third-order valence-electron chi connectivity index (χ3n) is 6.76. The van der Waals surface area contributed by atoms with E-state index in [0.717, 1.165) is 22.3 Å². The van der Waals surface area contributed by atoms with Gasteiger partial charge in [0.2, 0.25) is 11.8 Å². The van der Waals surface area contributed by atoms with E-state index < -0.39 is 20.5 Å². The molecule has 0 unspecified atom stereocenters. The molecule has 1 fully saturated rings. The average Bonchev–Trinajstić information content (AvgIpc) is 3.05. The zero-order valence-electron chi connectivity index (χ0n) is 15.8. The summed E-state index contributed by atoms with van der Waals surface area (Å²) in [5, 5.41) is 0.491. The molecule has 3 aliphatic carbocycles. The van der Waals surface area contributed by atoms with Crippen LogP contribution in [0.4, 0.5) is 5.69 Å². The summed E-state index contributed by atoms with van der Waals surface area (Å²) in [4.78, 5) is 29.1. The molecule has 2 amide bonds. The highest BCUT2D eigenvalue weighted by atomic mass is 79.9. The molecule has 1 heterocycles. The Morgan fingerprint density at radius 1 is 0.677 bits per heavy atom. The van der Waals surface area contributed by atoms with Gasteiger partial charge in [0.05, 0.1) is 36.2 Å². The van der Waals surface area contributed by atoms with Crippen molar-refractivity contribution in [2.24, 2.45) is 11.8 Å². The molecule has 31 heavy (non-hydrogen) atoms. The zero-order valence-corrected chi connectivity index (χ0v) is 20.5. The highest BCUT2D eigenvalue weighted by Gasteiger charge is 2.72. The normalized spacial score (nSPS) is 30.3. The summed E-state index contributed by atoms with van der Waals surface area (Å²) in [5.41, 5.74) is 4.29. The molecule has 1 aliphatic heterocycles. The Bertz CT molecular complexity index is 1200. The second kappa shape index (κ2) is 6.44. The largest absolute Gasteiger partial charge is 0.274 e. The number of carbonyl (C=O) groups excluding carboxylic acids is 2. The van der Waals surface area contributed by atoms with Gasteiger partial charge in [0.1, 0.15) is 0 Å². The lowest BCUT2D eigenvalue weighted by Crippen LogP contribution is -2.56. The molecular formula is C24H13Br2Cl2NO2. The fraction of sp³-hybridized carbons (Fsp3) is 0.167. The first kappa shape index (κ1) is 20.0. The van der Waals surface area contributed by atoms with E-state index >= 15 is 0 Å². The van der Waals surface area contributed by atoms with Crippen molar-refractivity contribution in [1.82, 2.24) is 0 Å². The maximum Gasteiger partial charge on any atom is 0.239 e. The second-order valence-corrected chi connectivity index (χ2v) is 11.3. The molecule has 0 spiro atoms. The highest BCUT2D eigenvalue weighted by molar-refractivity contribution is 9.10. The number of imide groups is 1. The fourth-order valence-corrected chi connectivity index (χ4v) is 8.25. The Morgan fingerprint density at radius 3 is 1.52 bits per heavy atom. The van der Waals surface area contributed by atoms with E-state index in [1.807, 2.05) is 48.5 Å². The van der Waals surface area contributed by atoms with E-state index in [0.29, 0.717) is 10.7 Å². The number of rotatable bonds is 1. The monoisotopic (exact) mass is 575 g/mol. The minimum absolute atomic E-state index is 0.194. The highest BCUT2D eigenvalue weighted by Crippen LogP contribution is 2.71. The number of benzene rings is 3. The van der Waals surface area contributed by atoms with Gasteiger partial charge in [-0.2, -0.15) is 0 Å². The first-order valence-electron chi connectivity index (χ1n) is 9.72. The van der Waals surface area contributed by atoms with E-state index in [1.54, 1.807) is 18.2 Å². The molecule has 0 aromatic heterocycles. The summed E-state index contributed by atoms with van der Waals surface area (Å²) in [6, 6.07) is 20.9. The molecule has 3 aromatic rings. The maximum atomic E-state index is 13.9. The van der Waals surface area contributed by atoms with Gasteiger partial charge in [0, 0.05) is 0 Å². The molecule has 0 saturated carbocycles. The molecule has 154 valence electrons. The Labute approximate surface area is 205 Å². The number of carbonyl (C=O) groups is 2. The number of hydrogen-bond donors (Lipinski definition) is 0. The Balaban J connectivity index is 1.67. The van der Waals surface area contributed by atoms with Crippen LogP contribution in [0.5, 0.6) is 0 Å². The van der Waals surface area contributed by atoms with Crippen LogP contribution in [-0.2, 0) is 18.2 Å². The number of anilines is 1. The maximum absolute atomic E-state index is 13.9. The molecular weight excluding hydrogens is 565 g/mol. The number of nitrogens with zero attached hydrogens (tertiary/aromatic N) is 1. The number of amides is 2. The smallest absolute Gasteiger partial charge is 0.239 e. The van der Waals surface area contributed by atoms with Gasteiger partial charge in [0.25, 0.3) is 0 Å². The molecule has 2 atom stereocenters. The van der Waals surface area contributed by atoms with Crippen molar-refractivity contribution < 1.29 is 9.59 Å². The average molecular weight is 578 g/mol. The summed E-state index contributed by atoms with van der Waals surface area (Å²) in [6.45, 7) is 0. The number of halogens is 4. The van der Waals surface area contributed by atoms with Gasteiger partial charge < -0.3 is 0 Å². The van der Waals surface area contributed by atoms with Crippen molar-refractivity contribution >= 4 is 72.6 Å². The molecule has 2 bridgehead atoms. The molecule has 7 heteroatoms. The summed E-state index contributed by atoms with van der Waals surface area (Å²) >= 11 is 20.6. The Kier molecular flexibility index (Phi) is 4.15. The predicted molar refractivity (Wildman–Crippen MR) is 128 cm³/mol. The van der Waals surface area contributed by atoms with Gasteiger partial charge >= 0.3 is 0 Å². The van der Waals surface area contributed by atoms with Crippen molar-refractivity contribution in [1.29, 1.82) is 0 Å². The van der Waals surface area contributed by atoms with Gasteiger partial charge in [-0.15, -0.1) is 0 Å². The van der Waals surface area contributed by atoms with Crippen LogP contribution < -0.4 is 4.90 Å². The summed E-state index contributed by atoms with van der Waals surface area (Å²) in [7, 11) is 0. The van der Waals surface area contributed by atoms with Gasteiger partial charge in [-0.25, -0.2) is 4.90 Å². The standard InChI is InChI=1S/C24H13Br2Cl2NO2/c25-23-12-6-1-2-7-13(12)24(26,15-9-4-3-8-14(15)23)19-18(23)21(30)29(22(19)31)17-11-5-10-16(27)20(17)28/h1-11,18-19H/t18-,19-,23?,24?/m1/s1. The molecule has 0 radical (unpaired) electrons. The minimum Gasteiger partial charge on any atom is -0.274 e. The summed E-state index contributed by atoms with van der Waals surface area (Å²) in [6.07, 6.45) is 0. The van der Waals surface area contributed by atoms with Crippen LogP contribution in [0.15, 0.2) is 66.7 Å². The van der Waals surface area contributed by atoms with Crippen LogP contribution in [-0.4, -0.2) is 11.8 Å². The predicted octanol–water partition coefficient (Wildman–Crippen LogP) is 6.40. The quantitative estimate of drug-likeness (QED) is 0.248. The third kappa shape index (κ3) is 2.21. The van der Waals surface area contributed by atoms with E-state index in [9.17, 15) is 9.59 Å². The zero-order chi connectivity index (χ0) is 21.7. The second-order valence-electron chi connectivity index (χ2n) is 8.05. The number of alkyl halides is 2. The van der Waals surface area contributed by atoms with Gasteiger partial charge in [-0.1, -0.05) is 110 Å². The minimum atomic E-state index is -0.826. The van der Waals surface area contributed by atoms with Crippen molar-refractivity contribution in [2.45, 2.75) is 8.65 Å². The molecule has 3 aromatic carbocycles. The van der Waals surface area contributed by atoms with E-state index in [2.05, 4.69) is 31.9 Å². The lowest BCUT2D eigenvalue weighted by atomic mass is 9.54. The molecule has 1 saturated heterocycles. The van der Waals surface area contributed by atoms with Crippen LogP contribution >= 0.6 is 55.1 Å². The van der Waals surface area contributed by atoms with E-state index in [1.165, 1.54) is 4.90 Å². The lowest BCUT2D eigenvalue weighted by molar-refractivity contribution is -0.122. The molecule has 7 rings (SSSR count). The lowest BCUT2D eigenvalue weighted by Gasteiger charge is -2.55. The van der Waals surface area contributed by atoms with Crippen LogP contribution in [0.1, 0.15) is 22.3 Å². The van der Waals surface area contributed by atoms with Crippen LogP contribution in [0.3, 0.4) is 0 Å². The topological polar surface area (TPSA) is 37.4 Å². The summed E-state index contributed by atoms with van der Waals surface area (Å²) in [5.74, 6) is -1.86. The van der Waals surface area contributed by atoms with Crippen LogP contribution in [0.2, 0.25) is 10.0 Å². The molecule has 4 aliphatic rings. The van der Waals surface area contributed by atoms with Crippen LogP contribution in [0, 0.1) is 11.8 Å². The Hall–Kier alpha value is -1.66.